The molecule has 2 aromatic carbocycles. The Morgan fingerprint density at radius 1 is 1.20 bits per heavy atom. The largest absolute Gasteiger partial charge is 0.497 e. The van der Waals surface area contributed by atoms with E-state index in [-0.39, 0.29) is 10.3 Å². The third-order valence-electron chi connectivity index (χ3n) is 3.88. The number of nitrogens with one attached hydrogen (secondary N) is 1. The van der Waals surface area contributed by atoms with Gasteiger partial charge in [0.25, 0.3) is 5.56 Å². The summed E-state index contributed by atoms with van der Waals surface area (Å²) in [6, 6.07) is 12.2. The normalized spacial score (nSPS) is 10.6. The first-order valence-electron chi connectivity index (χ1n) is 7.51. The molecule has 3 aromatic rings. The molecule has 6 nitrogen and oxygen atoms in total. The number of benzene rings is 2. The van der Waals surface area contributed by atoms with Gasteiger partial charge in [0.1, 0.15) is 5.75 Å². The van der Waals surface area contributed by atoms with Gasteiger partial charge in [-0.1, -0.05) is 12.1 Å². The molecule has 0 fully saturated rings. The van der Waals surface area contributed by atoms with Crippen LogP contribution in [0, 0.1) is 4.77 Å². The van der Waals surface area contributed by atoms with E-state index in [1.165, 1.54) is 11.7 Å². The highest BCUT2D eigenvalue weighted by molar-refractivity contribution is 7.71. The van der Waals surface area contributed by atoms with Gasteiger partial charge < -0.3 is 14.5 Å². The molecule has 1 aromatic heterocycles. The van der Waals surface area contributed by atoms with Crippen molar-refractivity contribution < 1.29 is 14.3 Å². The summed E-state index contributed by atoms with van der Waals surface area (Å²) >= 11 is 5.32. The smallest absolute Gasteiger partial charge is 0.337 e. The van der Waals surface area contributed by atoms with E-state index in [1.54, 1.807) is 25.3 Å². The van der Waals surface area contributed by atoms with E-state index in [0.717, 1.165) is 5.56 Å². The number of carbonyl (C=O) groups is 1. The Hall–Kier alpha value is -2.93. The molecule has 1 N–H and O–H groups in total. The first kappa shape index (κ1) is 16.9. The van der Waals surface area contributed by atoms with Crippen LogP contribution in [0.3, 0.4) is 0 Å². The van der Waals surface area contributed by atoms with Gasteiger partial charge in [-0.05, 0) is 48.1 Å². The molecule has 128 valence electrons. The molecule has 0 bridgehead atoms. The number of methoxy groups -OCH3 is 2. The number of fused-ring (bicyclic) bond motifs is 1. The summed E-state index contributed by atoms with van der Waals surface area (Å²) in [6.45, 7) is 0.320. The van der Waals surface area contributed by atoms with Crippen LogP contribution in [0.15, 0.2) is 47.3 Å². The van der Waals surface area contributed by atoms with Crippen LogP contribution in [0.5, 0.6) is 5.75 Å². The Labute approximate surface area is 148 Å². The number of rotatable bonds is 4. The number of aromatic amines is 1. The minimum atomic E-state index is -0.471. The fourth-order valence-electron chi connectivity index (χ4n) is 2.60. The summed E-state index contributed by atoms with van der Waals surface area (Å²) in [5.41, 5.74) is 1.52. The Kier molecular flexibility index (Phi) is 4.67. The maximum atomic E-state index is 12.8. The second kappa shape index (κ2) is 6.90. The summed E-state index contributed by atoms with van der Waals surface area (Å²) in [6.07, 6.45) is 0. The van der Waals surface area contributed by atoms with Gasteiger partial charge in [0.05, 0.1) is 37.2 Å². The predicted octanol–water partition coefficient (Wildman–Crippen LogP) is 2.90. The molecule has 25 heavy (non-hydrogen) atoms. The number of hydrogen-bond acceptors (Lipinski definition) is 5. The van der Waals surface area contributed by atoms with Gasteiger partial charge in [-0.2, -0.15) is 0 Å². The Bertz CT molecular complexity index is 1070. The average Bonchev–Trinajstić information content (AvgIpc) is 2.64. The molecule has 0 radical (unpaired) electrons. The lowest BCUT2D eigenvalue weighted by Crippen LogP contribution is -2.23. The van der Waals surface area contributed by atoms with E-state index in [9.17, 15) is 9.59 Å². The minimum Gasteiger partial charge on any atom is -0.497 e. The molecule has 0 aliphatic carbocycles. The third kappa shape index (κ3) is 3.32. The quantitative estimate of drug-likeness (QED) is 0.575. The van der Waals surface area contributed by atoms with Crippen LogP contribution < -0.4 is 10.3 Å². The molecule has 1 heterocycles. The van der Waals surface area contributed by atoms with Crippen molar-refractivity contribution in [1.29, 1.82) is 0 Å². The van der Waals surface area contributed by atoms with Crippen molar-refractivity contribution in [2.75, 3.05) is 14.2 Å². The number of carbonyl (C=O) groups excluding carboxylic acids is 1. The first-order valence-corrected chi connectivity index (χ1v) is 7.92. The van der Waals surface area contributed by atoms with Gasteiger partial charge in [-0.3, -0.25) is 9.36 Å². The average molecular weight is 356 g/mol. The van der Waals surface area contributed by atoms with Crippen LogP contribution in [-0.2, 0) is 11.3 Å². The van der Waals surface area contributed by atoms with Crippen molar-refractivity contribution in [3.63, 3.8) is 0 Å². The van der Waals surface area contributed by atoms with E-state index in [2.05, 4.69) is 4.98 Å². The summed E-state index contributed by atoms with van der Waals surface area (Å²) in [4.78, 5) is 27.4. The molecule has 0 aliphatic rings. The number of esters is 1. The first-order chi connectivity index (χ1) is 12.0. The number of aromatic nitrogens is 2. The van der Waals surface area contributed by atoms with Crippen LogP contribution in [0.25, 0.3) is 10.9 Å². The lowest BCUT2D eigenvalue weighted by molar-refractivity contribution is 0.0601. The van der Waals surface area contributed by atoms with Crippen LogP contribution in [0.2, 0.25) is 0 Å². The maximum Gasteiger partial charge on any atom is 0.337 e. The standard InChI is InChI=1S/C18H16N2O4S/c1-23-13-5-3-4-11(8-13)10-20-16(21)14-7-6-12(17(22)24-2)9-15(14)19-18(20)25/h3-9H,10H2,1-2H3,(H,19,25). The van der Waals surface area contributed by atoms with Crippen LogP contribution in [-0.4, -0.2) is 29.7 Å². The van der Waals surface area contributed by atoms with E-state index < -0.39 is 5.97 Å². The van der Waals surface area contributed by atoms with Crippen molar-refractivity contribution in [2.24, 2.45) is 0 Å². The Morgan fingerprint density at radius 2 is 2.00 bits per heavy atom. The summed E-state index contributed by atoms with van der Waals surface area (Å²) < 4.78 is 11.7. The molecule has 0 saturated carbocycles. The summed E-state index contributed by atoms with van der Waals surface area (Å²) in [5, 5.41) is 0.448. The summed E-state index contributed by atoms with van der Waals surface area (Å²) in [7, 11) is 2.90. The van der Waals surface area contributed by atoms with Crippen LogP contribution >= 0.6 is 12.2 Å². The zero-order valence-electron chi connectivity index (χ0n) is 13.7. The SMILES string of the molecule is COC(=O)c1ccc2c(=O)n(Cc3cccc(OC)c3)c(=S)[nH]c2c1. The molecule has 0 aliphatic heterocycles. The monoisotopic (exact) mass is 356 g/mol. The van der Waals surface area contributed by atoms with Crippen molar-refractivity contribution >= 4 is 29.1 Å². The lowest BCUT2D eigenvalue weighted by Gasteiger charge is -2.10. The zero-order valence-corrected chi connectivity index (χ0v) is 14.6. The van der Waals surface area contributed by atoms with E-state index in [4.69, 9.17) is 21.7 Å². The summed E-state index contributed by atoms with van der Waals surface area (Å²) in [5.74, 6) is 0.241. The van der Waals surface area contributed by atoms with Crippen LogP contribution in [0.4, 0.5) is 0 Å². The van der Waals surface area contributed by atoms with Crippen molar-refractivity contribution in [3.8, 4) is 5.75 Å². The maximum absolute atomic E-state index is 12.8. The van der Waals surface area contributed by atoms with E-state index >= 15 is 0 Å². The topological polar surface area (TPSA) is 73.3 Å². The van der Waals surface area contributed by atoms with Crippen molar-refractivity contribution in [2.45, 2.75) is 6.54 Å². The lowest BCUT2D eigenvalue weighted by atomic mass is 10.1. The Morgan fingerprint density at radius 3 is 2.72 bits per heavy atom. The fourth-order valence-corrected chi connectivity index (χ4v) is 2.85. The molecule has 7 heteroatoms. The highest BCUT2D eigenvalue weighted by Crippen LogP contribution is 2.15. The van der Waals surface area contributed by atoms with Crippen molar-refractivity contribution in [3.05, 3.63) is 68.7 Å². The second-order valence-corrected chi connectivity index (χ2v) is 5.81. The van der Waals surface area contributed by atoms with E-state index in [1.807, 2.05) is 24.3 Å². The molecule has 0 atom stereocenters. The number of H-pyrrole nitrogens is 1. The zero-order chi connectivity index (χ0) is 18.0. The fraction of sp³-hybridized carbons (Fsp3) is 0.167. The molecule has 3 rings (SSSR count). The van der Waals surface area contributed by atoms with Gasteiger partial charge in [-0.15, -0.1) is 0 Å². The number of nitrogens with zero attached hydrogens (tertiary/aromatic N) is 1. The highest BCUT2D eigenvalue weighted by Gasteiger charge is 2.11. The highest BCUT2D eigenvalue weighted by atomic mass is 32.1. The third-order valence-corrected chi connectivity index (χ3v) is 4.20. The molecule has 0 unspecified atom stereocenters. The number of ether oxygens (including phenoxy) is 2. The number of hydrogen-bond donors (Lipinski definition) is 1. The molecular weight excluding hydrogens is 340 g/mol. The Balaban J connectivity index is 2.09. The van der Waals surface area contributed by atoms with Gasteiger partial charge in [0.2, 0.25) is 0 Å². The van der Waals surface area contributed by atoms with Gasteiger partial charge in [0, 0.05) is 0 Å². The molecule has 0 amide bonds. The molecule has 0 saturated heterocycles. The second-order valence-electron chi connectivity index (χ2n) is 5.42. The van der Waals surface area contributed by atoms with Gasteiger partial charge in [-0.25, -0.2) is 4.79 Å². The molecular formula is C18H16N2O4S. The minimum absolute atomic E-state index is 0.224. The van der Waals surface area contributed by atoms with Gasteiger partial charge >= 0.3 is 5.97 Å². The van der Waals surface area contributed by atoms with Gasteiger partial charge in [0.15, 0.2) is 4.77 Å². The van der Waals surface area contributed by atoms with Crippen molar-refractivity contribution in [1.82, 2.24) is 9.55 Å². The molecule has 0 spiro atoms. The van der Waals surface area contributed by atoms with E-state index in [0.29, 0.717) is 28.8 Å². The van der Waals surface area contributed by atoms with Crippen LogP contribution in [0.1, 0.15) is 15.9 Å². The predicted molar refractivity (Wildman–Crippen MR) is 96.8 cm³/mol.